The van der Waals surface area contributed by atoms with Crippen LogP contribution < -0.4 is 5.32 Å². The van der Waals surface area contributed by atoms with Gasteiger partial charge in [-0.1, -0.05) is 6.92 Å². The Balaban J connectivity index is 1.81. The van der Waals surface area contributed by atoms with Crippen LogP contribution >= 0.6 is 0 Å². The molecule has 1 amide bonds. The fourth-order valence-corrected chi connectivity index (χ4v) is 2.88. The van der Waals surface area contributed by atoms with E-state index in [9.17, 15) is 4.79 Å². The molecule has 0 spiro atoms. The van der Waals surface area contributed by atoms with Crippen molar-refractivity contribution < 1.29 is 9.53 Å². The van der Waals surface area contributed by atoms with Gasteiger partial charge in [0.15, 0.2) is 0 Å². The van der Waals surface area contributed by atoms with E-state index in [-0.39, 0.29) is 12.0 Å². The third kappa shape index (κ3) is 3.69. The summed E-state index contributed by atoms with van der Waals surface area (Å²) in [7, 11) is 0. The van der Waals surface area contributed by atoms with Crippen molar-refractivity contribution in [2.45, 2.75) is 45.1 Å². The maximum Gasteiger partial charge on any atom is 0.227 e. The lowest BCUT2D eigenvalue weighted by Gasteiger charge is -2.35. The normalized spacial score (nSPS) is 29.3. The van der Waals surface area contributed by atoms with Crippen LogP contribution in [0.3, 0.4) is 0 Å². The average Bonchev–Trinajstić information content (AvgIpc) is 2.45. The van der Waals surface area contributed by atoms with E-state index in [4.69, 9.17) is 4.74 Å². The van der Waals surface area contributed by atoms with Crippen molar-refractivity contribution in [3.63, 3.8) is 0 Å². The van der Waals surface area contributed by atoms with Crippen LogP contribution in [0.1, 0.15) is 39.0 Å². The molecule has 2 atom stereocenters. The Morgan fingerprint density at radius 2 is 2.28 bits per heavy atom. The van der Waals surface area contributed by atoms with Crippen LogP contribution in [0.15, 0.2) is 0 Å². The first-order valence-electron chi connectivity index (χ1n) is 7.42. The smallest absolute Gasteiger partial charge is 0.227 e. The van der Waals surface area contributed by atoms with E-state index >= 15 is 0 Å². The quantitative estimate of drug-likeness (QED) is 0.824. The first-order valence-corrected chi connectivity index (χ1v) is 7.42. The van der Waals surface area contributed by atoms with Crippen molar-refractivity contribution >= 4 is 5.91 Å². The van der Waals surface area contributed by atoms with E-state index in [1.165, 1.54) is 0 Å². The molecule has 0 aromatic heterocycles. The van der Waals surface area contributed by atoms with Gasteiger partial charge in [0.1, 0.15) is 0 Å². The van der Waals surface area contributed by atoms with Crippen molar-refractivity contribution in [1.82, 2.24) is 10.2 Å². The van der Waals surface area contributed by atoms with Gasteiger partial charge in [-0.25, -0.2) is 0 Å². The zero-order valence-electron chi connectivity index (χ0n) is 11.5. The van der Waals surface area contributed by atoms with Crippen molar-refractivity contribution in [3.8, 4) is 0 Å². The molecule has 4 heteroatoms. The van der Waals surface area contributed by atoms with Gasteiger partial charge >= 0.3 is 0 Å². The molecular weight excluding hydrogens is 228 g/mol. The van der Waals surface area contributed by atoms with Gasteiger partial charge in [0.2, 0.25) is 5.91 Å². The molecule has 0 bridgehead atoms. The van der Waals surface area contributed by atoms with E-state index in [2.05, 4.69) is 12.2 Å². The van der Waals surface area contributed by atoms with E-state index in [1.54, 1.807) is 0 Å². The highest BCUT2D eigenvalue weighted by Gasteiger charge is 2.29. The zero-order chi connectivity index (χ0) is 12.8. The van der Waals surface area contributed by atoms with Crippen LogP contribution in [0.2, 0.25) is 0 Å². The standard InChI is InChI=1S/C14H26N2O2/c1-2-9-18-13-6-4-8-16(11-13)14(17)12-5-3-7-15-10-12/h12-13,15H,2-11H2,1H3/t12-,13?/m1/s1. The second-order valence-electron chi connectivity index (χ2n) is 5.46. The Kier molecular flexibility index (Phi) is 5.45. The average molecular weight is 254 g/mol. The number of nitrogens with one attached hydrogen (secondary N) is 1. The van der Waals surface area contributed by atoms with Gasteiger partial charge in [-0.05, 0) is 38.6 Å². The second-order valence-corrected chi connectivity index (χ2v) is 5.46. The maximum absolute atomic E-state index is 12.4. The van der Waals surface area contributed by atoms with Gasteiger partial charge in [-0.3, -0.25) is 4.79 Å². The first kappa shape index (κ1) is 13.8. The lowest BCUT2D eigenvalue weighted by Crippen LogP contribution is -2.48. The Labute approximate surface area is 110 Å². The SMILES string of the molecule is CCCOC1CCCN(C(=O)[C@@H]2CCCNC2)C1. The number of rotatable bonds is 4. The summed E-state index contributed by atoms with van der Waals surface area (Å²) in [5.74, 6) is 0.538. The highest BCUT2D eigenvalue weighted by Crippen LogP contribution is 2.19. The van der Waals surface area contributed by atoms with Gasteiger partial charge in [-0.2, -0.15) is 0 Å². The van der Waals surface area contributed by atoms with Gasteiger partial charge in [0.25, 0.3) is 0 Å². The van der Waals surface area contributed by atoms with Crippen LogP contribution in [0.25, 0.3) is 0 Å². The highest BCUT2D eigenvalue weighted by molar-refractivity contribution is 5.79. The topological polar surface area (TPSA) is 41.6 Å². The monoisotopic (exact) mass is 254 g/mol. The van der Waals surface area contributed by atoms with E-state index < -0.39 is 0 Å². The summed E-state index contributed by atoms with van der Waals surface area (Å²) in [5.41, 5.74) is 0. The minimum atomic E-state index is 0.198. The molecule has 18 heavy (non-hydrogen) atoms. The number of nitrogens with zero attached hydrogens (tertiary/aromatic N) is 1. The molecule has 0 aromatic rings. The molecule has 1 N–H and O–H groups in total. The van der Waals surface area contributed by atoms with Crippen LogP contribution in [0.4, 0.5) is 0 Å². The number of amides is 1. The fourth-order valence-electron chi connectivity index (χ4n) is 2.88. The van der Waals surface area contributed by atoms with Crippen LogP contribution in [0.5, 0.6) is 0 Å². The Hall–Kier alpha value is -0.610. The molecule has 104 valence electrons. The van der Waals surface area contributed by atoms with Crippen LogP contribution in [0, 0.1) is 5.92 Å². The number of ether oxygens (including phenoxy) is 1. The molecule has 2 aliphatic rings. The number of carbonyl (C=O) groups excluding carboxylic acids is 1. The lowest BCUT2D eigenvalue weighted by atomic mass is 9.96. The van der Waals surface area contributed by atoms with Gasteiger partial charge in [-0.15, -0.1) is 0 Å². The Bertz CT molecular complexity index is 265. The summed E-state index contributed by atoms with van der Waals surface area (Å²) in [6.45, 7) is 6.58. The number of hydrogen-bond donors (Lipinski definition) is 1. The Morgan fingerprint density at radius 1 is 1.39 bits per heavy atom. The first-order chi connectivity index (χ1) is 8.81. The highest BCUT2D eigenvalue weighted by atomic mass is 16.5. The summed E-state index contributed by atoms with van der Waals surface area (Å²) in [6.07, 6.45) is 5.67. The van der Waals surface area contributed by atoms with Crippen molar-refractivity contribution in [3.05, 3.63) is 0 Å². The van der Waals surface area contributed by atoms with Crippen molar-refractivity contribution in [2.24, 2.45) is 5.92 Å². The fraction of sp³-hybridized carbons (Fsp3) is 0.929. The van der Waals surface area contributed by atoms with E-state index in [0.717, 1.165) is 64.9 Å². The third-order valence-corrected chi connectivity index (χ3v) is 3.89. The molecule has 0 saturated carbocycles. The molecule has 1 unspecified atom stereocenters. The molecule has 0 aromatic carbocycles. The molecule has 0 radical (unpaired) electrons. The molecule has 2 saturated heterocycles. The molecule has 2 rings (SSSR count). The summed E-state index contributed by atoms with van der Waals surface area (Å²) in [5, 5.41) is 3.32. The molecule has 2 fully saturated rings. The number of carbonyl (C=O) groups is 1. The zero-order valence-corrected chi connectivity index (χ0v) is 11.5. The molecule has 0 aliphatic carbocycles. The summed E-state index contributed by atoms with van der Waals surface area (Å²) >= 11 is 0. The predicted molar refractivity (Wildman–Crippen MR) is 71.4 cm³/mol. The van der Waals surface area contributed by atoms with Crippen molar-refractivity contribution in [1.29, 1.82) is 0 Å². The molecule has 2 heterocycles. The van der Waals surface area contributed by atoms with Gasteiger partial charge in [0.05, 0.1) is 12.0 Å². The maximum atomic E-state index is 12.4. The van der Waals surface area contributed by atoms with Gasteiger partial charge in [0, 0.05) is 26.2 Å². The Morgan fingerprint density at radius 3 is 3.00 bits per heavy atom. The molecule has 2 aliphatic heterocycles. The van der Waals surface area contributed by atoms with E-state index in [1.807, 2.05) is 4.90 Å². The minimum absolute atomic E-state index is 0.198. The number of likely N-dealkylation sites (tertiary alicyclic amines) is 1. The largest absolute Gasteiger partial charge is 0.376 e. The molecule has 4 nitrogen and oxygen atoms in total. The number of piperidine rings is 2. The van der Waals surface area contributed by atoms with Crippen LogP contribution in [-0.4, -0.2) is 49.7 Å². The lowest BCUT2D eigenvalue weighted by molar-refractivity contribution is -0.140. The van der Waals surface area contributed by atoms with Crippen molar-refractivity contribution in [2.75, 3.05) is 32.8 Å². The third-order valence-electron chi connectivity index (χ3n) is 3.89. The van der Waals surface area contributed by atoms with E-state index in [0.29, 0.717) is 5.91 Å². The molecular formula is C14H26N2O2. The predicted octanol–water partition coefficient (Wildman–Crippen LogP) is 1.40. The van der Waals surface area contributed by atoms with Gasteiger partial charge < -0.3 is 15.0 Å². The summed E-state index contributed by atoms with van der Waals surface area (Å²) < 4.78 is 5.79. The summed E-state index contributed by atoms with van der Waals surface area (Å²) in [4.78, 5) is 14.4. The minimum Gasteiger partial charge on any atom is -0.376 e. The van der Waals surface area contributed by atoms with Crippen LogP contribution in [-0.2, 0) is 9.53 Å². The summed E-state index contributed by atoms with van der Waals surface area (Å²) in [6, 6.07) is 0. The number of hydrogen-bond acceptors (Lipinski definition) is 3. The second kappa shape index (κ2) is 7.10.